The summed E-state index contributed by atoms with van der Waals surface area (Å²) in [6.45, 7) is 0. The van der Waals surface area contributed by atoms with E-state index in [0.29, 0.717) is 10.8 Å². The molecule has 1 atom stereocenters. The highest BCUT2D eigenvalue weighted by Gasteiger charge is 2.25. The van der Waals surface area contributed by atoms with Crippen LogP contribution in [0.3, 0.4) is 0 Å². The number of aliphatic carboxylic acids is 1. The Morgan fingerprint density at radius 2 is 2.00 bits per heavy atom. The first-order valence-electron chi connectivity index (χ1n) is 6.82. The number of nitrogens with zero attached hydrogens (tertiary/aromatic N) is 1. The summed E-state index contributed by atoms with van der Waals surface area (Å²) in [5.41, 5.74) is 0.730. The van der Waals surface area contributed by atoms with Crippen molar-refractivity contribution >= 4 is 23.2 Å². The van der Waals surface area contributed by atoms with Crippen molar-refractivity contribution in [3.8, 4) is 16.3 Å². The van der Waals surface area contributed by atoms with Gasteiger partial charge < -0.3 is 15.2 Å². The Kier molecular flexibility index (Phi) is 5.80. The van der Waals surface area contributed by atoms with E-state index in [-0.39, 0.29) is 5.69 Å². The van der Waals surface area contributed by atoms with Gasteiger partial charge in [0, 0.05) is 17.4 Å². The van der Waals surface area contributed by atoms with Crippen LogP contribution in [0, 0.1) is 0 Å². The van der Waals surface area contributed by atoms with E-state index in [1.165, 1.54) is 16.7 Å². The Morgan fingerprint density at radius 1 is 1.33 bits per heavy atom. The summed E-state index contributed by atoms with van der Waals surface area (Å²) in [4.78, 5) is 27.0. The van der Waals surface area contributed by atoms with Crippen LogP contribution in [0.5, 0.6) is 5.75 Å². The van der Waals surface area contributed by atoms with E-state index in [2.05, 4.69) is 10.3 Å². The van der Waals surface area contributed by atoms with Gasteiger partial charge >= 0.3 is 5.97 Å². The fourth-order valence-electron chi connectivity index (χ4n) is 1.88. The summed E-state index contributed by atoms with van der Waals surface area (Å²) >= 11 is 1.19. The number of carboxylic acid groups (broad SMARTS) is 1. The molecule has 0 bridgehead atoms. The number of hydrogen-bond acceptors (Lipinski definition) is 5. The monoisotopic (exact) mass is 356 g/mol. The van der Waals surface area contributed by atoms with Crippen LogP contribution in [0.4, 0.5) is 8.78 Å². The quantitative estimate of drug-likeness (QED) is 0.796. The largest absolute Gasteiger partial charge is 0.497 e. The number of carboxylic acids is 1. The topological polar surface area (TPSA) is 88.5 Å². The van der Waals surface area contributed by atoms with Gasteiger partial charge in [-0.15, -0.1) is 11.3 Å². The molecule has 1 aromatic heterocycles. The van der Waals surface area contributed by atoms with Crippen LogP contribution >= 0.6 is 11.3 Å². The van der Waals surface area contributed by atoms with Crippen molar-refractivity contribution in [3.63, 3.8) is 0 Å². The first-order chi connectivity index (χ1) is 11.4. The van der Waals surface area contributed by atoms with Gasteiger partial charge in [-0.05, 0) is 24.3 Å². The number of alkyl halides is 2. The molecule has 1 aromatic carbocycles. The Labute approximate surface area is 140 Å². The number of methoxy groups -OCH3 is 1. The van der Waals surface area contributed by atoms with Crippen LogP contribution in [0.25, 0.3) is 10.6 Å². The van der Waals surface area contributed by atoms with Gasteiger partial charge in [-0.2, -0.15) is 0 Å². The minimum Gasteiger partial charge on any atom is -0.497 e. The SMILES string of the molecule is COc1ccc(-c2nc(C(=O)NC(CC(F)F)C(=O)O)cs2)cc1. The fourth-order valence-corrected chi connectivity index (χ4v) is 2.68. The predicted octanol–water partition coefficient (Wildman–Crippen LogP) is 2.66. The number of carbonyl (C=O) groups is 2. The third-order valence-corrected chi connectivity index (χ3v) is 3.98. The Morgan fingerprint density at radius 3 is 2.54 bits per heavy atom. The van der Waals surface area contributed by atoms with Crippen molar-refractivity contribution in [2.75, 3.05) is 7.11 Å². The van der Waals surface area contributed by atoms with Crippen LogP contribution in [0.1, 0.15) is 16.9 Å². The molecule has 1 amide bonds. The lowest BCUT2D eigenvalue weighted by molar-refractivity contribution is -0.140. The van der Waals surface area contributed by atoms with Crippen molar-refractivity contribution in [1.29, 1.82) is 0 Å². The average molecular weight is 356 g/mol. The van der Waals surface area contributed by atoms with Crippen LogP contribution < -0.4 is 10.1 Å². The highest BCUT2D eigenvalue weighted by Crippen LogP contribution is 2.25. The molecule has 1 heterocycles. The molecule has 24 heavy (non-hydrogen) atoms. The second-order valence-electron chi connectivity index (χ2n) is 4.76. The number of halogens is 2. The minimum absolute atomic E-state index is 0.0219. The molecule has 2 aromatic rings. The standard InChI is InChI=1S/C15H14F2N2O4S/c1-23-9-4-2-8(3-5-9)14-19-11(7-24-14)13(20)18-10(15(21)22)6-12(16)17/h2-5,7,10,12H,6H2,1H3,(H,18,20)(H,21,22). The number of nitrogens with one attached hydrogen (secondary N) is 1. The van der Waals surface area contributed by atoms with Gasteiger partial charge in [-0.3, -0.25) is 4.79 Å². The molecule has 9 heteroatoms. The van der Waals surface area contributed by atoms with Gasteiger partial charge in [-0.1, -0.05) is 0 Å². The van der Waals surface area contributed by atoms with Gasteiger partial charge in [-0.25, -0.2) is 18.6 Å². The van der Waals surface area contributed by atoms with Crippen LogP contribution in [0.15, 0.2) is 29.6 Å². The molecule has 0 radical (unpaired) electrons. The number of amides is 1. The Balaban J connectivity index is 2.10. The summed E-state index contributed by atoms with van der Waals surface area (Å²) in [5.74, 6) is -1.65. The van der Waals surface area contributed by atoms with Gasteiger partial charge in [0.05, 0.1) is 7.11 Å². The van der Waals surface area contributed by atoms with Crippen LogP contribution in [-0.2, 0) is 4.79 Å². The molecule has 2 N–H and O–H groups in total. The van der Waals surface area contributed by atoms with E-state index >= 15 is 0 Å². The molecular weight excluding hydrogens is 342 g/mol. The van der Waals surface area contributed by atoms with E-state index in [9.17, 15) is 18.4 Å². The zero-order valence-corrected chi connectivity index (χ0v) is 13.3. The van der Waals surface area contributed by atoms with Crippen molar-refractivity contribution in [2.24, 2.45) is 0 Å². The Bertz CT molecular complexity index is 719. The van der Waals surface area contributed by atoms with Gasteiger partial charge in [0.2, 0.25) is 6.43 Å². The van der Waals surface area contributed by atoms with Crippen LogP contribution in [-0.4, -0.2) is 41.5 Å². The number of ether oxygens (including phenoxy) is 1. The summed E-state index contributed by atoms with van der Waals surface area (Å²) in [6.07, 6.45) is -3.80. The van der Waals surface area contributed by atoms with E-state index in [4.69, 9.17) is 9.84 Å². The maximum Gasteiger partial charge on any atom is 0.326 e. The summed E-state index contributed by atoms with van der Waals surface area (Å²) in [6, 6.07) is 5.33. The number of rotatable bonds is 7. The molecule has 0 aliphatic carbocycles. The minimum atomic E-state index is -2.84. The number of benzene rings is 1. The van der Waals surface area contributed by atoms with E-state index in [1.807, 2.05) is 0 Å². The third-order valence-electron chi connectivity index (χ3n) is 3.09. The molecule has 6 nitrogen and oxygen atoms in total. The molecule has 0 saturated heterocycles. The Hall–Kier alpha value is -2.55. The predicted molar refractivity (Wildman–Crippen MR) is 83.6 cm³/mol. The van der Waals surface area contributed by atoms with Gasteiger partial charge in [0.25, 0.3) is 5.91 Å². The van der Waals surface area contributed by atoms with Gasteiger partial charge in [0.15, 0.2) is 0 Å². The third kappa shape index (κ3) is 4.48. The summed E-state index contributed by atoms with van der Waals surface area (Å²) in [7, 11) is 1.54. The number of carbonyl (C=O) groups excluding carboxylic acids is 1. The molecule has 0 fully saturated rings. The summed E-state index contributed by atoms with van der Waals surface area (Å²) < 4.78 is 29.7. The average Bonchev–Trinajstić information content (AvgIpc) is 3.04. The molecule has 2 rings (SSSR count). The highest BCUT2D eigenvalue weighted by atomic mass is 32.1. The molecule has 0 saturated carbocycles. The molecule has 128 valence electrons. The number of hydrogen-bond donors (Lipinski definition) is 2. The normalized spacial score (nSPS) is 12.0. The maximum atomic E-state index is 12.3. The second kappa shape index (κ2) is 7.82. The second-order valence-corrected chi connectivity index (χ2v) is 5.62. The zero-order chi connectivity index (χ0) is 17.7. The molecule has 0 spiro atoms. The van der Waals surface area contributed by atoms with Crippen LogP contribution in [0.2, 0.25) is 0 Å². The van der Waals surface area contributed by atoms with Crippen molar-refractivity contribution < 1.29 is 28.2 Å². The smallest absolute Gasteiger partial charge is 0.326 e. The summed E-state index contributed by atoms with van der Waals surface area (Å²) in [5, 5.41) is 12.9. The molecule has 0 aliphatic heterocycles. The van der Waals surface area contributed by atoms with E-state index in [1.54, 1.807) is 31.4 Å². The zero-order valence-electron chi connectivity index (χ0n) is 12.5. The lowest BCUT2D eigenvalue weighted by Gasteiger charge is -2.12. The number of thiazole rings is 1. The van der Waals surface area contributed by atoms with E-state index in [0.717, 1.165) is 5.56 Å². The first kappa shape index (κ1) is 17.8. The maximum absolute atomic E-state index is 12.3. The van der Waals surface area contributed by atoms with Crippen molar-refractivity contribution in [1.82, 2.24) is 10.3 Å². The van der Waals surface area contributed by atoms with Crippen molar-refractivity contribution in [2.45, 2.75) is 18.9 Å². The van der Waals surface area contributed by atoms with Crippen molar-refractivity contribution in [3.05, 3.63) is 35.3 Å². The lowest BCUT2D eigenvalue weighted by atomic mass is 10.2. The van der Waals surface area contributed by atoms with Gasteiger partial charge in [0.1, 0.15) is 22.5 Å². The number of aromatic nitrogens is 1. The fraction of sp³-hybridized carbons (Fsp3) is 0.267. The van der Waals surface area contributed by atoms with E-state index < -0.39 is 30.8 Å². The molecule has 0 aliphatic rings. The first-order valence-corrected chi connectivity index (χ1v) is 7.70. The lowest BCUT2D eigenvalue weighted by Crippen LogP contribution is -2.42. The highest BCUT2D eigenvalue weighted by molar-refractivity contribution is 7.13. The molecular formula is C15H14F2N2O4S. The molecule has 1 unspecified atom stereocenters.